The summed E-state index contributed by atoms with van der Waals surface area (Å²) in [5.74, 6) is 1.45. The fourth-order valence-electron chi connectivity index (χ4n) is 2.35. The maximum absolute atomic E-state index is 5.98. The molecule has 5 nitrogen and oxygen atoms in total. The number of aromatic nitrogens is 3. The van der Waals surface area contributed by atoms with Crippen LogP contribution in [0.15, 0.2) is 24.3 Å². The lowest BCUT2D eigenvalue weighted by atomic mass is 10.1. The predicted molar refractivity (Wildman–Crippen MR) is 76.3 cm³/mol. The van der Waals surface area contributed by atoms with Crippen molar-refractivity contribution in [3.63, 3.8) is 0 Å². The quantitative estimate of drug-likeness (QED) is 0.881. The van der Waals surface area contributed by atoms with Gasteiger partial charge >= 0.3 is 0 Å². The molecule has 2 heterocycles. The molecular formula is C13H16ClN5. The number of anilines is 1. The molecular weight excluding hydrogens is 262 g/mol. The van der Waals surface area contributed by atoms with Crippen molar-refractivity contribution < 1.29 is 0 Å². The molecule has 0 saturated carbocycles. The molecule has 1 aromatic carbocycles. The minimum Gasteiger partial charge on any atom is -0.338 e. The number of hydrogen-bond donors (Lipinski definition) is 2. The molecule has 0 aliphatic carbocycles. The van der Waals surface area contributed by atoms with Gasteiger partial charge in [-0.1, -0.05) is 23.7 Å². The van der Waals surface area contributed by atoms with E-state index in [2.05, 4.69) is 20.1 Å². The monoisotopic (exact) mass is 277 g/mol. The normalized spacial score (nSPS) is 19.7. The molecule has 6 heteroatoms. The maximum Gasteiger partial charge on any atom is 0.245 e. The van der Waals surface area contributed by atoms with Crippen molar-refractivity contribution in [2.75, 3.05) is 18.0 Å². The van der Waals surface area contributed by atoms with Crippen molar-refractivity contribution in [2.24, 2.45) is 5.73 Å². The number of hydrogen-bond acceptors (Lipinski definition) is 4. The smallest absolute Gasteiger partial charge is 0.245 e. The van der Waals surface area contributed by atoms with Gasteiger partial charge in [-0.2, -0.15) is 4.98 Å². The van der Waals surface area contributed by atoms with Crippen LogP contribution in [0, 0.1) is 0 Å². The zero-order chi connectivity index (χ0) is 13.2. The van der Waals surface area contributed by atoms with Crippen molar-refractivity contribution in [3.05, 3.63) is 29.3 Å². The van der Waals surface area contributed by atoms with Crippen molar-refractivity contribution >= 4 is 17.5 Å². The minimum atomic E-state index is 0.210. The van der Waals surface area contributed by atoms with E-state index >= 15 is 0 Å². The number of H-pyrrole nitrogens is 1. The third kappa shape index (κ3) is 2.72. The summed E-state index contributed by atoms with van der Waals surface area (Å²) in [6.45, 7) is 1.77. The Morgan fingerprint density at radius 1 is 1.42 bits per heavy atom. The van der Waals surface area contributed by atoms with Gasteiger partial charge < -0.3 is 10.6 Å². The van der Waals surface area contributed by atoms with Crippen LogP contribution in [-0.2, 0) is 0 Å². The van der Waals surface area contributed by atoms with Crippen LogP contribution in [0.2, 0.25) is 5.02 Å². The first kappa shape index (κ1) is 12.4. The molecule has 1 unspecified atom stereocenters. The summed E-state index contributed by atoms with van der Waals surface area (Å²) >= 11 is 5.98. The lowest BCUT2D eigenvalue weighted by molar-refractivity contribution is 0.500. The van der Waals surface area contributed by atoms with Crippen LogP contribution >= 0.6 is 11.6 Å². The van der Waals surface area contributed by atoms with E-state index in [0.717, 1.165) is 37.3 Å². The lowest BCUT2D eigenvalue weighted by Gasteiger charge is -2.29. The number of nitrogens with zero attached hydrogens (tertiary/aromatic N) is 3. The molecule has 1 aliphatic rings. The van der Waals surface area contributed by atoms with E-state index in [1.165, 1.54) is 0 Å². The third-order valence-electron chi connectivity index (χ3n) is 3.31. The number of rotatable bonds is 2. The SMILES string of the molecule is NC1CCCN(c2n[nH]c(-c3cccc(Cl)c3)n2)C1. The summed E-state index contributed by atoms with van der Waals surface area (Å²) < 4.78 is 0. The molecule has 1 saturated heterocycles. The molecule has 0 bridgehead atoms. The van der Waals surface area contributed by atoms with Crippen LogP contribution < -0.4 is 10.6 Å². The third-order valence-corrected chi connectivity index (χ3v) is 3.55. The Hall–Kier alpha value is -1.59. The van der Waals surface area contributed by atoms with E-state index in [1.807, 2.05) is 24.3 Å². The van der Waals surface area contributed by atoms with E-state index in [0.29, 0.717) is 11.0 Å². The van der Waals surface area contributed by atoms with Crippen molar-refractivity contribution in [1.82, 2.24) is 15.2 Å². The Bertz CT molecular complexity index is 568. The molecule has 19 heavy (non-hydrogen) atoms. The molecule has 100 valence electrons. The van der Waals surface area contributed by atoms with Crippen LogP contribution in [0.1, 0.15) is 12.8 Å². The molecule has 0 amide bonds. The molecule has 0 radical (unpaired) electrons. The van der Waals surface area contributed by atoms with Crippen LogP contribution in [0.5, 0.6) is 0 Å². The van der Waals surface area contributed by atoms with Gasteiger partial charge in [-0.15, -0.1) is 5.10 Å². The lowest BCUT2D eigenvalue weighted by Crippen LogP contribution is -2.43. The largest absolute Gasteiger partial charge is 0.338 e. The van der Waals surface area contributed by atoms with Crippen LogP contribution in [0.3, 0.4) is 0 Å². The highest BCUT2D eigenvalue weighted by molar-refractivity contribution is 6.30. The maximum atomic E-state index is 5.98. The summed E-state index contributed by atoms with van der Waals surface area (Å²) in [6.07, 6.45) is 2.16. The van der Waals surface area contributed by atoms with E-state index in [4.69, 9.17) is 17.3 Å². The first-order chi connectivity index (χ1) is 9.22. The highest BCUT2D eigenvalue weighted by Gasteiger charge is 2.20. The summed E-state index contributed by atoms with van der Waals surface area (Å²) in [4.78, 5) is 6.65. The summed E-state index contributed by atoms with van der Waals surface area (Å²) in [5.41, 5.74) is 6.91. The number of benzene rings is 1. The summed E-state index contributed by atoms with van der Waals surface area (Å²) in [7, 11) is 0. The Morgan fingerprint density at radius 3 is 3.11 bits per heavy atom. The number of piperidine rings is 1. The van der Waals surface area contributed by atoms with Gasteiger partial charge in [0.15, 0.2) is 5.82 Å². The molecule has 1 aromatic heterocycles. The molecule has 0 spiro atoms. The molecule has 2 aromatic rings. The molecule has 1 fully saturated rings. The van der Waals surface area contributed by atoms with Gasteiger partial charge in [-0.3, -0.25) is 5.10 Å². The zero-order valence-corrected chi connectivity index (χ0v) is 11.3. The van der Waals surface area contributed by atoms with E-state index in [9.17, 15) is 0 Å². The van der Waals surface area contributed by atoms with E-state index in [-0.39, 0.29) is 6.04 Å². The van der Waals surface area contributed by atoms with Crippen molar-refractivity contribution in [3.8, 4) is 11.4 Å². The molecule has 1 atom stereocenters. The standard InChI is InChI=1S/C13H16ClN5/c14-10-4-1-3-9(7-10)12-16-13(18-17-12)19-6-2-5-11(15)8-19/h1,3-4,7,11H,2,5-6,8,15H2,(H,16,17,18). The second kappa shape index (κ2) is 5.19. The summed E-state index contributed by atoms with van der Waals surface area (Å²) in [6, 6.07) is 7.77. The van der Waals surface area contributed by atoms with Crippen LogP contribution in [0.25, 0.3) is 11.4 Å². The molecule has 3 rings (SSSR count). The Kier molecular flexibility index (Phi) is 3.40. The second-order valence-electron chi connectivity index (χ2n) is 4.84. The van der Waals surface area contributed by atoms with Gasteiger partial charge in [0.05, 0.1) is 0 Å². The van der Waals surface area contributed by atoms with E-state index < -0.39 is 0 Å². The highest BCUT2D eigenvalue weighted by Crippen LogP contribution is 2.22. The fraction of sp³-hybridized carbons (Fsp3) is 0.385. The number of nitrogens with two attached hydrogens (primary N) is 1. The predicted octanol–water partition coefficient (Wildman–Crippen LogP) is 2.05. The molecule has 3 N–H and O–H groups in total. The van der Waals surface area contributed by atoms with Gasteiger partial charge in [0.25, 0.3) is 0 Å². The Morgan fingerprint density at radius 2 is 2.32 bits per heavy atom. The van der Waals surface area contributed by atoms with Crippen molar-refractivity contribution in [1.29, 1.82) is 0 Å². The second-order valence-corrected chi connectivity index (χ2v) is 5.28. The van der Waals surface area contributed by atoms with Crippen LogP contribution in [0.4, 0.5) is 5.95 Å². The Labute approximate surface area is 116 Å². The van der Waals surface area contributed by atoms with Gasteiger partial charge in [0, 0.05) is 29.7 Å². The van der Waals surface area contributed by atoms with E-state index in [1.54, 1.807) is 0 Å². The average Bonchev–Trinajstić information content (AvgIpc) is 2.88. The number of aromatic amines is 1. The minimum absolute atomic E-state index is 0.210. The van der Waals surface area contributed by atoms with Gasteiger partial charge in [-0.25, -0.2) is 0 Å². The Balaban J connectivity index is 1.83. The number of halogens is 1. The zero-order valence-electron chi connectivity index (χ0n) is 10.5. The van der Waals surface area contributed by atoms with Crippen molar-refractivity contribution in [2.45, 2.75) is 18.9 Å². The summed E-state index contributed by atoms with van der Waals surface area (Å²) in [5, 5.41) is 7.92. The molecule has 1 aliphatic heterocycles. The first-order valence-corrected chi connectivity index (χ1v) is 6.79. The fourth-order valence-corrected chi connectivity index (χ4v) is 2.54. The average molecular weight is 278 g/mol. The van der Waals surface area contributed by atoms with Gasteiger partial charge in [-0.05, 0) is 25.0 Å². The highest BCUT2D eigenvalue weighted by atomic mass is 35.5. The van der Waals surface area contributed by atoms with Gasteiger partial charge in [0.1, 0.15) is 0 Å². The first-order valence-electron chi connectivity index (χ1n) is 6.41. The number of nitrogens with one attached hydrogen (secondary N) is 1. The van der Waals surface area contributed by atoms with Crippen LogP contribution in [-0.4, -0.2) is 34.3 Å². The topological polar surface area (TPSA) is 70.8 Å². The van der Waals surface area contributed by atoms with Gasteiger partial charge in [0.2, 0.25) is 5.95 Å².